The zero-order valence-corrected chi connectivity index (χ0v) is 7.53. The lowest BCUT2D eigenvalue weighted by Crippen LogP contribution is -2.39. The third-order valence-electron chi connectivity index (χ3n) is 1.70. The van der Waals surface area contributed by atoms with Gasteiger partial charge in [0.25, 0.3) is 11.5 Å². The van der Waals surface area contributed by atoms with Crippen molar-refractivity contribution in [2.45, 2.75) is 13.5 Å². The van der Waals surface area contributed by atoms with Gasteiger partial charge in [0.05, 0.1) is 0 Å². The lowest BCUT2D eigenvalue weighted by molar-refractivity contribution is -0.121. The van der Waals surface area contributed by atoms with Gasteiger partial charge in [-0.1, -0.05) is 0 Å². The van der Waals surface area contributed by atoms with Crippen LogP contribution in [0.5, 0.6) is 0 Å². The molecule has 0 aliphatic rings. The second-order valence-electron chi connectivity index (χ2n) is 2.73. The molecule has 0 aromatic carbocycles. The number of nitrogens with zero attached hydrogens (tertiary/aromatic N) is 1. The Bertz CT molecular complexity index is 459. The van der Waals surface area contributed by atoms with Crippen molar-refractivity contribution in [1.29, 1.82) is 0 Å². The molecule has 76 valence electrons. The summed E-state index contributed by atoms with van der Waals surface area (Å²) in [6, 6.07) is 1.23. The van der Waals surface area contributed by atoms with E-state index in [9.17, 15) is 14.4 Å². The highest BCUT2D eigenvalue weighted by Gasteiger charge is 2.05. The van der Waals surface area contributed by atoms with E-state index in [1.165, 1.54) is 6.07 Å². The van der Waals surface area contributed by atoms with Gasteiger partial charge in [0.2, 0.25) is 0 Å². The molecule has 1 rings (SSSR count). The summed E-state index contributed by atoms with van der Waals surface area (Å²) in [6.45, 7) is 1.35. The van der Waals surface area contributed by atoms with Crippen LogP contribution in [0.25, 0.3) is 0 Å². The second-order valence-corrected chi connectivity index (χ2v) is 2.73. The van der Waals surface area contributed by atoms with Crippen molar-refractivity contribution >= 4 is 5.91 Å². The number of rotatable bonds is 2. The number of aromatic nitrogens is 2. The molecule has 0 aliphatic heterocycles. The van der Waals surface area contributed by atoms with Crippen LogP contribution in [-0.4, -0.2) is 15.5 Å². The molecule has 0 radical (unpaired) electrons. The van der Waals surface area contributed by atoms with Crippen LogP contribution in [0.4, 0.5) is 0 Å². The van der Waals surface area contributed by atoms with Gasteiger partial charge in [0.15, 0.2) is 0 Å². The third-order valence-corrected chi connectivity index (χ3v) is 1.70. The smallest absolute Gasteiger partial charge is 0.293 e. The number of nitrogens with one attached hydrogen (secondary N) is 2. The predicted octanol–water partition coefficient (Wildman–Crippen LogP) is -2.17. The molecule has 1 heterocycles. The van der Waals surface area contributed by atoms with Crippen LogP contribution in [0.3, 0.4) is 0 Å². The van der Waals surface area contributed by atoms with E-state index in [1.54, 1.807) is 6.92 Å². The molecule has 7 heteroatoms. The maximum atomic E-state index is 11.2. The van der Waals surface area contributed by atoms with Gasteiger partial charge in [-0.05, 0) is 6.92 Å². The lowest BCUT2D eigenvalue weighted by Gasteiger charge is -2.06. The van der Waals surface area contributed by atoms with Gasteiger partial charge < -0.3 is 0 Å². The van der Waals surface area contributed by atoms with E-state index in [-0.39, 0.29) is 6.54 Å². The molecule has 4 N–H and O–H groups in total. The van der Waals surface area contributed by atoms with Crippen molar-refractivity contribution in [1.82, 2.24) is 15.0 Å². The third kappa shape index (κ3) is 2.07. The van der Waals surface area contributed by atoms with E-state index in [4.69, 9.17) is 5.84 Å². The quantitative estimate of drug-likeness (QED) is 0.285. The SMILES string of the molecule is Cc1cc(=O)[nH]c(=O)n1CC(=O)NN. The molecule has 1 aromatic heterocycles. The minimum atomic E-state index is -0.626. The van der Waals surface area contributed by atoms with Crippen molar-refractivity contribution in [3.63, 3.8) is 0 Å². The summed E-state index contributed by atoms with van der Waals surface area (Å²) >= 11 is 0. The van der Waals surface area contributed by atoms with Crippen LogP contribution in [0, 0.1) is 6.92 Å². The summed E-state index contributed by atoms with van der Waals surface area (Å²) in [5.41, 5.74) is 1.18. The standard InChI is InChI=1S/C7H10N4O3/c1-4-2-5(12)9-7(14)11(4)3-6(13)10-8/h2H,3,8H2,1H3,(H,10,13)(H,9,12,14). The minimum Gasteiger partial charge on any atom is -0.293 e. The molecule has 14 heavy (non-hydrogen) atoms. The van der Waals surface area contributed by atoms with Gasteiger partial charge in [-0.25, -0.2) is 10.6 Å². The fraction of sp³-hybridized carbons (Fsp3) is 0.286. The first kappa shape index (κ1) is 10.2. The number of carbonyl (C=O) groups excluding carboxylic acids is 1. The number of amides is 1. The molecular weight excluding hydrogens is 188 g/mol. The Kier molecular flexibility index (Phi) is 2.82. The molecule has 0 aliphatic carbocycles. The van der Waals surface area contributed by atoms with E-state index in [2.05, 4.69) is 0 Å². The highest BCUT2D eigenvalue weighted by atomic mass is 16.2. The number of aryl methyl sites for hydroxylation is 1. The van der Waals surface area contributed by atoms with E-state index in [1.807, 2.05) is 10.4 Å². The van der Waals surface area contributed by atoms with Crippen molar-refractivity contribution < 1.29 is 4.79 Å². The summed E-state index contributed by atoms with van der Waals surface area (Å²) < 4.78 is 1.11. The van der Waals surface area contributed by atoms with Crippen LogP contribution >= 0.6 is 0 Å². The fourth-order valence-corrected chi connectivity index (χ4v) is 1.02. The Hall–Kier alpha value is -1.89. The Morgan fingerprint density at radius 1 is 1.64 bits per heavy atom. The zero-order chi connectivity index (χ0) is 10.7. The van der Waals surface area contributed by atoms with Crippen molar-refractivity contribution in [3.8, 4) is 0 Å². The number of hydrogen-bond acceptors (Lipinski definition) is 4. The number of hydrogen-bond donors (Lipinski definition) is 3. The number of aromatic amines is 1. The monoisotopic (exact) mass is 198 g/mol. The molecular formula is C7H10N4O3. The summed E-state index contributed by atoms with van der Waals surface area (Å²) in [7, 11) is 0. The van der Waals surface area contributed by atoms with Crippen molar-refractivity contribution in [3.05, 3.63) is 32.6 Å². The first-order valence-electron chi connectivity index (χ1n) is 3.85. The van der Waals surface area contributed by atoms with E-state index in [0.29, 0.717) is 5.69 Å². The number of nitrogens with two attached hydrogens (primary N) is 1. The first-order valence-corrected chi connectivity index (χ1v) is 3.85. The number of carbonyl (C=O) groups is 1. The molecule has 1 aromatic rings. The normalized spacial score (nSPS) is 9.86. The Labute approximate surface area is 78.5 Å². The van der Waals surface area contributed by atoms with Gasteiger partial charge in [-0.15, -0.1) is 0 Å². The van der Waals surface area contributed by atoms with Gasteiger partial charge in [-0.3, -0.25) is 24.6 Å². The summed E-state index contributed by atoms with van der Waals surface area (Å²) in [5.74, 6) is 4.35. The number of hydrazine groups is 1. The molecule has 0 spiro atoms. The van der Waals surface area contributed by atoms with Crippen LogP contribution in [-0.2, 0) is 11.3 Å². The number of H-pyrrole nitrogens is 1. The van der Waals surface area contributed by atoms with Crippen LogP contribution < -0.4 is 22.5 Å². The Morgan fingerprint density at radius 2 is 2.29 bits per heavy atom. The van der Waals surface area contributed by atoms with Crippen molar-refractivity contribution in [2.24, 2.45) is 5.84 Å². The highest BCUT2D eigenvalue weighted by Crippen LogP contribution is 1.87. The maximum absolute atomic E-state index is 11.2. The topological polar surface area (TPSA) is 110 Å². The predicted molar refractivity (Wildman–Crippen MR) is 48.4 cm³/mol. The molecule has 0 atom stereocenters. The second kappa shape index (κ2) is 3.88. The lowest BCUT2D eigenvalue weighted by atomic mass is 10.4. The Morgan fingerprint density at radius 3 is 2.79 bits per heavy atom. The molecule has 1 amide bonds. The summed E-state index contributed by atoms with van der Waals surface area (Å²) in [6.07, 6.45) is 0. The van der Waals surface area contributed by atoms with E-state index in [0.717, 1.165) is 4.57 Å². The first-order chi connectivity index (χ1) is 6.54. The average Bonchev–Trinajstić information content (AvgIpc) is 2.10. The summed E-state index contributed by atoms with van der Waals surface area (Å²) in [5, 5.41) is 0. The molecule has 0 unspecified atom stereocenters. The van der Waals surface area contributed by atoms with Gasteiger partial charge in [0.1, 0.15) is 6.54 Å². The molecule has 0 saturated carbocycles. The Balaban J connectivity index is 3.16. The molecule has 0 bridgehead atoms. The average molecular weight is 198 g/mol. The van der Waals surface area contributed by atoms with E-state index < -0.39 is 17.2 Å². The van der Waals surface area contributed by atoms with Crippen LogP contribution in [0.2, 0.25) is 0 Å². The van der Waals surface area contributed by atoms with Crippen molar-refractivity contribution in [2.75, 3.05) is 0 Å². The maximum Gasteiger partial charge on any atom is 0.328 e. The molecule has 0 fully saturated rings. The largest absolute Gasteiger partial charge is 0.328 e. The van der Waals surface area contributed by atoms with Crippen LogP contribution in [0.1, 0.15) is 5.69 Å². The van der Waals surface area contributed by atoms with Gasteiger partial charge >= 0.3 is 5.69 Å². The van der Waals surface area contributed by atoms with Gasteiger partial charge in [0, 0.05) is 11.8 Å². The van der Waals surface area contributed by atoms with Gasteiger partial charge in [-0.2, -0.15) is 0 Å². The van der Waals surface area contributed by atoms with Crippen LogP contribution in [0.15, 0.2) is 15.7 Å². The minimum absolute atomic E-state index is 0.210. The molecule has 0 saturated heterocycles. The zero-order valence-electron chi connectivity index (χ0n) is 7.53. The highest BCUT2D eigenvalue weighted by molar-refractivity contribution is 5.74. The summed E-state index contributed by atoms with van der Waals surface area (Å²) in [4.78, 5) is 34.9. The fourth-order valence-electron chi connectivity index (χ4n) is 1.02. The molecule has 7 nitrogen and oxygen atoms in total. The van der Waals surface area contributed by atoms with E-state index >= 15 is 0 Å².